The first-order valence-corrected chi connectivity index (χ1v) is 9.48. The number of fused-ring (bicyclic) bond motifs is 2. The lowest BCUT2D eigenvalue weighted by atomic mass is 10.1. The minimum atomic E-state index is -4.56. The molecule has 0 radical (unpaired) electrons. The summed E-state index contributed by atoms with van der Waals surface area (Å²) in [5.41, 5.74) is 1.38. The van der Waals surface area contributed by atoms with Gasteiger partial charge in [-0.25, -0.2) is 14.6 Å². The molecule has 2 aromatic heterocycles. The summed E-state index contributed by atoms with van der Waals surface area (Å²) in [6.45, 7) is 1.40. The van der Waals surface area contributed by atoms with Crippen LogP contribution in [-0.4, -0.2) is 38.3 Å². The van der Waals surface area contributed by atoms with Crippen LogP contribution in [0, 0.1) is 0 Å². The Morgan fingerprint density at radius 1 is 1.25 bits per heavy atom. The van der Waals surface area contributed by atoms with Crippen LogP contribution in [0.1, 0.15) is 17.2 Å². The zero-order valence-electron chi connectivity index (χ0n) is 14.6. The van der Waals surface area contributed by atoms with E-state index in [1.807, 2.05) is 23.1 Å². The predicted octanol–water partition coefficient (Wildman–Crippen LogP) is 4.29. The van der Waals surface area contributed by atoms with Gasteiger partial charge in [0.05, 0.1) is 30.7 Å². The Balaban J connectivity index is 1.65. The van der Waals surface area contributed by atoms with E-state index >= 15 is 0 Å². The first-order valence-electron chi connectivity index (χ1n) is 8.31. The Labute approximate surface area is 171 Å². The van der Waals surface area contributed by atoms with Crippen LogP contribution in [-0.2, 0) is 25.8 Å². The Kier molecular flexibility index (Phi) is 4.96. The van der Waals surface area contributed by atoms with Gasteiger partial charge in [0, 0.05) is 28.5 Å². The predicted molar refractivity (Wildman–Crippen MR) is 100 cm³/mol. The van der Waals surface area contributed by atoms with Crippen molar-refractivity contribution in [1.29, 1.82) is 0 Å². The number of hydrogen-bond donors (Lipinski definition) is 0. The first kappa shape index (κ1) is 19.4. The van der Waals surface area contributed by atoms with E-state index in [1.54, 1.807) is 0 Å². The van der Waals surface area contributed by atoms with Crippen LogP contribution in [0.2, 0.25) is 5.02 Å². The van der Waals surface area contributed by atoms with E-state index in [2.05, 4.69) is 31.0 Å². The van der Waals surface area contributed by atoms with E-state index in [-0.39, 0.29) is 12.4 Å². The third-order valence-corrected chi connectivity index (χ3v) is 5.44. The van der Waals surface area contributed by atoms with Gasteiger partial charge in [-0.05, 0) is 18.2 Å². The number of aromatic nitrogens is 4. The molecule has 1 aromatic carbocycles. The number of benzene rings is 1. The molecule has 0 atom stereocenters. The number of methoxy groups -OCH3 is 1. The van der Waals surface area contributed by atoms with Crippen molar-refractivity contribution in [1.82, 2.24) is 24.6 Å². The number of nitrogens with zero attached hydrogens (tertiary/aromatic N) is 5. The second-order valence-corrected chi connectivity index (χ2v) is 7.65. The van der Waals surface area contributed by atoms with Crippen LogP contribution in [0.3, 0.4) is 0 Å². The number of ether oxygens (including phenoxy) is 1. The number of rotatable bonds is 3. The number of hydrogen-bond acceptors (Lipinski definition) is 5. The van der Waals surface area contributed by atoms with Crippen LogP contribution in [0.5, 0.6) is 5.88 Å². The molecule has 28 heavy (non-hydrogen) atoms. The highest BCUT2D eigenvalue weighted by Crippen LogP contribution is 2.35. The summed E-state index contributed by atoms with van der Waals surface area (Å²) in [5, 5.41) is 4.83. The van der Waals surface area contributed by atoms with Crippen molar-refractivity contribution in [2.24, 2.45) is 0 Å². The maximum atomic E-state index is 12.9. The average Bonchev–Trinajstić information content (AvgIpc) is 3.08. The fraction of sp³-hybridized carbons (Fsp3) is 0.353. The quantitative estimate of drug-likeness (QED) is 0.565. The maximum Gasteiger partial charge on any atom is 0.453 e. The molecule has 148 valence electrons. The zero-order chi connectivity index (χ0) is 20.1. The van der Waals surface area contributed by atoms with Crippen molar-refractivity contribution in [2.45, 2.75) is 25.8 Å². The maximum absolute atomic E-state index is 12.9. The van der Waals surface area contributed by atoms with Crippen molar-refractivity contribution in [2.75, 3.05) is 13.7 Å². The molecule has 6 nitrogen and oxygen atoms in total. The summed E-state index contributed by atoms with van der Waals surface area (Å²) < 4.78 is 46.1. The molecule has 0 aliphatic carbocycles. The molecule has 0 unspecified atom stereocenters. The first-order chi connectivity index (χ1) is 13.3. The van der Waals surface area contributed by atoms with Crippen molar-refractivity contribution in [3.63, 3.8) is 0 Å². The van der Waals surface area contributed by atoms with Crippen LogP contribution in [0.4, 0.5) is 13.2 Å². The number of halogens is 5. The SMILES string of the molecule is COc1nc2ccc(Br)cc2c(Cl)c1CN1CCn2nc(C(F)(F)F)nc2C1. The molecule has 4 rings (SSSR count). The van der Waals surface area contributed by atoms with Crippen molar-refractivity contribution >= 4 is 38.4 Å². The van der Waals surface area contributed by atoms with E-state index < -0.39 is 12.0 Å². The third kappa shape index (κ3) is 3.56. The summed E-state index contributed by atoms with van der Waals surface area (Å²) in [6.07, 6.45) is -4.56. The van der Waals surface area contributed by atoms with Crippen molar-refractivity contribution < 1.29 is 17.9 Å². The summed E-state index contributed by atoms with van der Waals surface area (Å²) in [4.78, 5) is 10.1. The van der Waals surface area contributed by atoms with Gasteiger partial charge in [0.15, 0.2) is 0 Å². The average molecular weight is 477 g/mol. The second kappa shape index (κ2) is 7.16. The minimum Gasteiger partial charge on any atom is -0.481 e. The normalized spacial score (nSPS) is 15.1. The molecular weight excluding hydrogens is 463 g/mol. The largest absolute Gasteiger partial charge is 0.481 e. The summed E-state index contributed by atoms with van der Waals surface area (Å²) in [7, 11) is 1.51. The van der Waals surface area contributed by atoms with Gasteiger partial charge in [-0.1, -0.05) is 27.5 Å². The van der Waals surface area contributed by atoms with E-state index in [0.29, 0.717) is 41.6 Å². The standard InChI is InChI=1S/C17H14BrClF3N5O/c1-28-15-11(14(19)10-6-9(18)2-3-12(10)23-15)7-26-4-5-27-13(8-26)24-16(25-27)17(20,21)22/h2-3,6H,4-5,7-8H2,1H3. The monoisotopic (exact) mass is 475 g/mol. The molecule has 3 heterocycles. The Hall–Kier alpha value is -1.91. The van der Waals surface area contributed by atoms with Crippen LogP contribution >= 0.6 is 27.5 Å². The summed E-state index contributed by atoms with van der Waals surface area (Å²) >= 11 is 10.1. The molecule has 3 aromatic rings. The lowest BCUT2D eigenvalue weighted by molar-refractivity contribution is -0.145. The number of alkyl halides is 3. The van der Waals surface area contributed by atoms with Gasteiger partial charge in [-0.3, -0.25) is 4.90 Å². The molecule has 11 heteroatoms. The summed E-state index contributed by atoms with van der Waals surface area (Å²) in [6, 6.07) is 5.57. The lowest BCUT2D eigenvalue weighted by Gasteiger charge is -2.27. The molecule has 0 spiro atoms. The van der Waals surface area contributed by atoms with Crippen molar-refractivity contribution in [3.8, 4) is 5.88 Å². The lowest BCUT2D eigenvalue weighted by Crippen LogP contribution is -2.34. The van der Waals surface area contributed by atoms with Gasteiger partial charge in [0.25, 0.3) is 5.82 Å². The highest BCUT2D eigenvalue weighted by atomic mass is 79.9. The fourth-order valence-corrected chi connectivity index (χ4v) is 3.84. The van der Waals surface area contributed by atoms with Gasteiger partial charge in [-0.2, -0.15) is 13.2 Å². The van der Waals surface area contributed by atoms with Gasteiger partial charge >= 0.3 is 6.18 Å². The topological polar surface area (TPSA) is 56.1 Å². The van der Waals surface area contributed by atoms with Gasteiger partial charge in [0.1, 0.15) is 5.82 Å². The molecule has 0 amide bonds. The van der Waals surface area contributed by atoms with Gasteiger partial charge in [-0.15, -0.1) is 5.10 Å². The second-order valence-electron chi connectivity index (χ2n) is 6.36. The van der Waals surface area contributed by atoms with Gasteiger partial charge in [0.2, 0.25) is 5.88 Å². The van der Waals surface area contributed by atoms with Crippen molar-refractivity contribution in [3.05, 3.63) is 44.9 Å². The van der Waals surface area contributed by atoms with Crippen LogP contribution < -0.4 is 4.74 Å². The smallest absolute Gasteiger partial charge is 0.453 e. The Morgan fingerprint density at radius 3 is 2.75 bits per heavy atom. The van der Waals surface area contributed by atoms with Crippen LogP contribution in [0.25, 0.3) is 10.9 Å². The molecule has 0 saturated heterocycles. The molecule has 0 bridgehead atoms. The van der Waals surface area contributed by atoms with E-state index in [1.165, 1.54) is 11.8 Å². The Bertz CT molecular complexity index is 1060. The van der Waals surface area contributed by atoms with Crippen LogP contribution in [0.15, 0.2) is 22.7 Å². The Morgan fingerprint density at radius 2 is 2.04 bits per heavy atom. The molecule has 0 N–H and O–H groups in total. The minimum absolute atomic E-state index is 0.221. The molecule has 0 fully saturated rings. The molecule has 1 aliphatic rings. The third-order valence-electron chi connectivity index (χ3n) is 4.51. The summed E-state index contributed by atoms with van der Waals surface area (Å²) in [5.74, 6) is -0.454. The molecule has 0 saturated carbocycles. The highest BCUT2D eigenvalue weighted by molar-refractivity contribution is 9.10. The fourth-order valence-electron chi connectivity index (χ4n) is 3.19. The van der Waals surface area contributed by atoms with E-state index in [4.69, 9.17) is 16.3 Å². The highest BCUT2D eigenvalue weighted by Gasteiger charge is 2.38. The molecule has 1 aliphatic heterocycles. The van der Waals surface area contributed by atoms with Gasteiger partial charge < -0.3 is 4.74 Å². The van der Waals surface area contributed by atoms with E-state index in [9.17, 15) is 13.2 Å². The molecular formula is C17H14BrClF3N5O. The zero-order valence-corrected chi connectivity index (χ0v) is 16.9. The number of pyridine rings is 1. The van der Waals surface area contributed by atoms with E-state index in [0.717, 1.165) is 9.86 Å².